The largest absolute Gasteiger partial charge is 0.493 e. The van der Waals surface area contributed by atoms with Crippen LogP contribution in [0.1, 0.15) is 28.8 Å². The molecule has 2 saturated heterocycles. The predicted octanol–water partition coefficient (Wildman–Crippen LogP) is 5.04. The van der Waals surface area contributed by atoms with Crippen LogP contribution in [0.2, 0.25) is 0 Å². The summed E-state index contributed by atoms with van der Waals surface area (Å²) in [5, 5.41) is 3.64. The molecule has 4 aromatic rings. The molecule has 0 spiro atoms. The van der Waals surface area contributed by atoms with Crippen LogP contribution >= 0.6 is 24.0 Å². The number of rotatable bonds is 11. The highest BCUT2D eigenvalue weighted by Crippen LogP contribution is 2.36. The number of nitrogens with one attached hydrogen (secondary N) is 1. The molecule has 4 heterocycles. The standard InChI is InChI=1S/C38H38N6O7S2/c1-48-31-19-26-27(20-32(31)49-2)39-38(43-16-14-42(15-17-43)34(46)12-9-24-8-11-30-33(18-24)51-23-50-30)41-36(26)40-37(47)28-21-53-22-44(28)35(52)13-10-29(45)25-6-4-3-5-7-25/h3-9,11-12,18-20,28H,10,13-17,21-23H2,1-2H3,(H,39,40,41,47). The monoisotopic (exact) mass is 754 g/mol. The number of nitrogens with zero attached hydrogens (tertiary/aromatic N) is 5. The Kier molecular flexibility index (Phi) is 10.9. The molecule has 1 N–H and O–H groups in total. The van der Waals surface area contributed by atoms with Gasteiger partial charge >= 0.3 is 0 Å². The zero-order chi connectivity index (χ0) is 36.9. The Balaban J connectivity index is 1.05. The second-order valence-corrected chi connectivity index (χ2v) is 14.0. The number of aromatic nitrogens is 2. The molecule has 15 heteroatoms. The van der Waals surface area contributed by atoms with Crippen LogP contribution in [0, 0.1) is 0 Å². The summed E-state index contributed by atoms with van der Waals surface area (Å²) in [4.78, 5) is 55.7. The van der Waals surface area contributed by atoms with E-state index < -0.39 is 6.04 Å². The lowest BCUT2D eigenvalue weighted by Crippen LogP contribution is -2.49. The molecule has 0 saturated carbocycles. The molecule has 2 fully saturated rings. The summed E-state index contributed by atoms with van der Waals surface area (Å²) < 4.78 is 21.9. The van der Waals surface area contributed by atoms with Gasteiger partial charge in [0.05, 0.1) is 30.6 Å². The minimum Gasteiger partial charge on any atom is -0.493 e. The molecular weight excluding hydrogens is 717 g/mol. The average Bonchev–Trinajstić information content (AvgIpc) is 3.89. The van der Waals surface area contributed by atoms with Gasteiger partial charge in [-0.15, -0.1) is 11.8 Å². The van der Waals surface area contributed by atoms with E-state index in [-0.39, 0.29) is 30.8 Å². The van der Waals surface area contributed by atoms with E-state index in [9.17, 15) is 14.4 Å². The van der Waals surface area contributed by atoms with E-state index in [2.05, 4.69) is 5.32 Å². The van der Waals surface area contributed by atoms with Crippen LogP contribution in [0.5, 0.6) is 23.0 Å². The molecule has 53 heavy (non-hydrogen) atoms. The topological polar surface area (TPSA) is 136 Å². The van der Waals surface area contributed by atoms with E-state index in [1.54, 1.807) is 67.3 Å². The first-order valence-corrected chi connectivity index (χ1v) is 18.7. The van der Waals surface area contributed by atoms with Crippen molar-refractivity contribution in [3.8, 4) is 23.0 Å². The fourth-order valence-electron chi connectivity index (χ4n) is 6.33. The number of fused-ring (bicyclic) bond motifs is 2. The summed E-state index contributed by atoms with van der Waals surface area (Å²) in [6, 6.07) is 17.6. The molecule has 1 aromatic heterocycles. The minimum absolute atomic E-state index is 0.00748. The summed E-state index contributed by atoms with van der Waals surface area (Å²) in [6.45, 7) is 2.07. The van der Waals surface area contributed by atoms with E-state index in [1.807, 2.05) is 46.2 Å². The SMILES string of the molecule is COc1cc2nc(N3CCN(C(=O)C=Cc4ccc5c(c4)OCO5)CC3)nc(NC(=O)C3CSCN3C(=S)CCC(=O)c3ccccc3)c2cc1OC. The molecule has 13 nitrogen and oxygen atoms in total. The van der Waals surface area contributed by atoms with Crippen molar-refractivity contribution in [1.29, 1.82) is 0 Å². The van der Waals surface area contributed by atoms with Crippen molar-refractivity contribution in [3.63, 3.8) is 0 Å². The number of piperazine rings is 1. The summed E-state index contributed by atoms with van der Waals surface area (Å²) in [7, 11) is 3.09. The van der Waals surface area contributed by atoms with Crippen LogP contribution in [-0.2, 0) is 9.59 Å². The summed E-state index contributed by atoms with van der Waals surface area (Å²) in [6.07, 6.45) is 3.95. The Morgan fingerprint density at radius 1 is 0.943 bits per heavy atom. The van der Waals surface area contributed by atoms with Crippen molar-refractivity contribution in [1.82, 2.24) is 19.8 Å². The zero-order valence-corrected chi connectivity index (χ0v) is 30.9. The maximum absolute atomic E-state index is 13.9. The zero-order valence-electron chi connectivity index (χ0n) is 29.3. The number of anilines is 2. The van der Waals surface area contributed by atoms with Gasteiger partial charge in [0.15, 0.2) is 28.8 Å². The number of thiocarbonyl (C=S) groups is 1. The molecule has 0 bridgehead atoms. The lowest BCUT2D eigenvalue weighted by molar-refractivity contribution is -0.126. The second kappa shape index (κ2) is 16.1. The van der Waals surface area contributed by atoms with Gasteiger partial charge in [0.2, 0.25) is 24.6 Å². The van der Waals surface area contributed by atoms with Crippen LogP contribution in [0.3, 0.4) is 0 Å². The smallest absolute Gasteiger partial charge is 0.249 e. The van der Waals surface area contributed by atoms with Crippen molar-refractivity contribution < 1.29 is 33.3 Å². The van der Waals surface area contributed by atoms with Crippen molar-refractivity contribution in [2.75, 3.05) is 69.0 Å². The number of carbonyl (C=O) groups excluding carboxylic acids is 3. The number of hydrogen-bond acceptors (Lipinski definition) is 12. The normalized spacial score (nSPS) is 16.6. The Morgan fingerprint density at radius 2 is 1.70 bits per heavy atom. The number of benzene rings is 3. The molecule has 274 valence electrons. The lowest BCUT2D eigenvalue weighted by atomic mass is 10.1. The van der Waals surface area contributed by atoms with Gasteiger partial charge in [-0.3, -0.25) is 14.4 Å². The maximum Gasteiger partial charge on any atom is 0.249 e. The Bertz CT molecular complexity index is 2070. The lowest BCUT2D eigenvalue weighted by Gasteiger charge is -2.34. The van der Waals surface area contributed by atoms with E-state index in [0.29, 0.717) is 100 Å². The van der Waals surface area contributed by atoms with Crippen LogP contribution in [0.25, 0.3) is 17.0 Å². The van der Waals surface area contributed by atoms with Crippen LogP contribution in [0.15, 0.2) is 66.7 Å². The second-order valence-electron chi connectivity index (χ2n) is 12.5. The van der Waals surface area contributed by atoms with Crippen molar-refractivity contribution in [2.45, 2.75) is 18.9 Å². The molecule has 1 atom stereocenters. The molecule has 3 aliphatic rings. The van der Waals surface area contributed by atoms with E-state index >= 15 is 0 Å². The number of ketones is 1. The third-order valence-corrected chi connectivity index (χ3v) is 10.7. The predicted molar refractivity (Wildman–Crippen MR) is 207 cm³/mol. The van der Waals surface area contributed by atoms with Gasteiger partial charge in [0, 0.05) is 67.9 Å². The Morgan fingerprint density at radius 3 is 2.47 bits per heavy atom. The average molecular weight is 755 g/mol. The quantitative estimate of drug-likeness (QED) is 0.125. The van der Waals surface area contributed by atoms with Gasteiger partial charge in [-0.1, -0.05) is 48.6 Å². The number of thioether (sulfide) groups is 1. The van der Waals surface area contributed by atoms with E-state index in [1.165, 1.54) is 0 Å². The maximum atomic E-state index is 13.9. The van der Waals surface area contributed by atoms with Gasteiger partial charge in [-0.2, -0.15) is 4.98 Å². The van der Waals surface area contributed by atoms with Crippen LogP contribution in [0.4, 0.5) is 11.8 Å². The third-order valence-electron chi connectivity index (χ3n) is 9.29. The number of ether oxygens (including phenoxy) is 4. The summed E-state index contributed by atoms with van der Waals surface area (Å²) in [5.41, 5.74) is 2.04. The molecule has 1 unspecified atom stereocenters. The van der Waals surface area contributed by atoms with Gasteiger partial charge < -0.3 is 39.0 Å². The summed E-state index contributed by atoms with van der Waals surface area (Å²) in [5.74, 6) is 3.75. The van der Waals surface area contributed by atoms with Crippen LogP contribution in [-0.4, -0.2) is 107 Å². The fourth-order valence-corrected chi connectivity index (χ4v) is 7.90. The molecule has 7 rings (SSSR count). The number of hydrogen-bond donors (Lipinski definition) is 1. The molecule has 0 aliphatic carbocycles. The van der Waals surface area contributed by atoms with E-state index in [4.69, 9.17) is 41.1 Å². The first kappa shape index (κ1) is 36.0. The molecule has 2 amide bonds. The highest BCUT2D eigenvalue weighted by atomic mass is 32.2. The Labute approximate surface area is 316 Å². The van der Waals surface area contributed by atoms with Gasteiger partial charge in [0.1, 0.15) is 11.9 Å². The molecule has 3 aromatic carbocycles. The Hall–Kier alpha value is -5.41. The summed E-state index contributed by atoms with van der Waals surface area (Å²) >= 11 is 7.35. The highest BCUT2D eigenvalue weighted by molar-refractivity contribution is 7.99. The third kappa shape index (κ3) is 8.00. The fraction of sp³-hybridized carbons (Fsp3) is 0.316. The number of carbonyl (C=O) groups is 3. The van der Waals surface area contributed by atoms with Gasteiger partial charge in [-0.25, -0.2) is 4.98 Å². The van der Waals surface area contributed by atoms with Gasteiger partial charge in [0.25, 0.3) is 0 Å². The van der Waals surface area contributed by atoms with Crippen LogP contribution < -0.4 is 29.2 Å². The molecule has 3 aliphatic heterocycles. The first-order chi connectivity index (χ1) is 25.8. The number of amides is 2. The molecule has 0 radical (unpaired) electrons. The van der Waals surface area contributed by atoms with Gasteiger partial charge in [-0.05, 0) is 29.8 Å². The minimum atomic E-state index is -0.548. The van der Waals surface area contributed by atoms with E-state index in [0.717, 1.165) is 5.56 Å². The van der Waals surface area contributed by atoms with Crippen molar-refractivity contribution in [3.05, 3.63) is 77.9 Å². The molecular formula is C38H38N6O7S2. The number of Topliss-reactive ketones (excluding diaryl/α,β-unsaturated/α-hetero) is 1. The van der Waals surface area contributed by atoms with Crippen molar-refractivity contribution >= 4 is 75.3 Å². The first-order valence-electron chi connectivity index (χ1n) is 17.1. The highest BCUT2D eigenvalue weighted by Gasteiger charge is 2.34. The number of methoxy groups -OCH3 is 2. The van der Waals surface area contributed by atoms with Crippen molar-refractivity contribution in [2.24, 2.45) is 0 Å².